The van der Waals surface area contributed by atoms with E-state index in [1.165, 1.54) is 31.4 Å². The third-order valence-corrected chi connectivity index (χ3v) is 4.22. The number of nitrogens with one attached hydrogen (secondary N) is 1. The van der Waals surface area contributed by atoms with Gasteiger partial charge in [-0.25, -0.2) is 0 Å². The van der Waals surface area contributed by atoms with Crippen molar-refractivity contribution in [1.29, 1.82) is 0 Å². The number of ether oxygens (including phenoxy) is 1. The van der Waals surface area contributed by atoms with Gasteiger partial charge < -0.3 is 10.1 Å². The highest BCUT2D eigenvalue weighted by atomic mass is 16.5. The quantitative estimate of drug-likeness (QED) is 0.928. The zero-order valence-electron chi connectivity index (χ0n) is 14.3. The van der Waals surface area contributed by atoms with E-state index < -0.39 is 0 Å². The lowest BCUT2D eigenvalue weighted by Gasteiger charge is -2.24. The molecule has 0 spiro atoms. The van der Waals surface area contributed by atoms with E-state index in [1.54, 1.807) is 19.5 Å². The molecule has 1 N–H and O–H groups in total. The molecular weight excluding hydrogens is 290 g/mol. The van der Waals surface area contributed by atoms with Crippen molar-refractivity contribution in [2.24, 2.45) is 0 Å². The zero-order chi connectivity index (χ0) is 16.4. The van der Waals surface area contributed by atoms with Gasteiger partial charge in [-0.05, 0) is 33.6 Å². The van der Waals surface area contributed by atoms with Crippen molar-refractivity contribution in [1.82, 2.24) is 19.7 Å². The predicted molar refractivity (Wildman–Crippen MR) is 90.3 cm³/mol. The van der Waals surface area contributed by atoms with Crippen LogP contribution in [0.4, 0.5) is 11.6 Å². The summed E-state index contributed by atoms with van der Waals surface area (Å²) in [6.07, 6.45) is 8.38. The minimum absolute atomic E-state index is 0.0437. The number of methoxy groups -OCH3 is 1. The summed E-state index contributed by atoms with van der Waals surface area (Å²) < 4.78 is 7.27. The van der Waals surface area contributed by atoms with Crippen molar-refractivity contribution >= 4 is 11.6 Å². The molecule has 1 aliphatic carbocycles. The van der Waals surface area contributed by atoms with E-state index in [0.717, 1.165) is 5.82 Å². The molecule has 0 atom stereocenters. The van der Waals surface area contributed by atoms with Crippen molar-refractivity contribution in [3.8, 4) is 5.88 Å². The van der Waals surface area contributed by atoms with Crippen molar-refractivity contribution in [2.45, 2.75) is 57.9 Å². The molecule has 0 unspecified atom stereocenters. The molecule has 23 heavy (non-hydrogen) atoms. The summed E-state index contributed by atoms with van der Waals surface area (Å²) in [5.41, 5.74) is 1.27. The van der Waals surface area contributed by atoms with E-state index in [9.17, 15) is 0 Å². The highest BCUT2D eigenvalue weighted by Gasteiger charge is 2.27. The Hall–Kier alpha value is -2.11. The van der Waals surface area contributed by atoms with Gasteiger partial charge in [0.15, 0.2) is 11.6 Å². The summed E-state index contributed by atoms with van der Waals surface area (Å²) in [6, 6.07) is 2.16. The average Bonchev–Trinajstić information content (AvgIpc) is 3.15. The van der Waals surface area contributed by atoms with Gasteiger partial charge in [-0.3, -0.25) is 9.67 Å². The maximum Gasteiger partial charge on any atom is 0.233 e. The molecule has 1 saturated carbocycles. The fourth-order valence-corrected chi connectivity index (χ4v) is 3.14. The largest absolute Gasteiger partial charge is 0.480 e. The van der Waals surface area contributed by atoms with Crippen LogP contribution in [0.15, 0.2) is 18.5 Å². The highest BCUT2D eigenvalue weighted by Crippen LogP contribution is 2.37. The van der Waals surface area contributed by atoms with Crippen LogP contribution in [0, 0.1) is 0 Å². The summed E-state index contributed by atoms with van der Waals surface area (Å²) in [6.45, 7) is 6.56. The molecule has 2 heterocycles. The Bertz CT molecular complexity index is 668. The van der Waals surface area contributed by atoms with E-state index in [4.69, 9.17) is 9.84 Å². The molecular formula is C17H25N5O. The van der Waals surface area contributed by atoms with Gasteiger partial charge in [0.05, 0.1) is 25.0 Å². The van der Waals surface area contributed by atoms with E-state index in [0.29, 0.717) is 17.6 Å². The fraction of sp³-hybridized carbons (Fsp3) is 0.588. The number of hydrogen-bond acceptors (Lipinski definition) is 5. The molecule has 124 valence electrons. The molecule has 2 aromatic rings. The second-order valence-corrected chi connectivity index (χ2v) is 7.09. The van der Waals surface area contributed by atoms with Crippen LogP contribution in [0.5, 0.6) is 5.88 Å². The Balaban J connectivity index is 1.90. The maximum absolute atomic E-state index is 5.12. The molecule has 2 aromatic heterocycles. The summed E-state index contributed by atoms with van der Waals surface area (Å²) in [5, 5.41) is 8.02. The van der Waals surface area contributed by atoms with Crippen LogP contribution in [-0.4, -0.2) is 26.9 Å². The molecule has 0 bridgehead atoms. The minimum atomic E-state index is -0.0437. The smallest absolute Gasteiger partial charge is 0.233 e. The van der Waals surface area contributed by atoms with E-state index in [1.807, 2.05) is 0 Å². The lowest BCUT2D eigenvalue weighted by atomic mass is 10.0. The van der Waals surface area contributed by atoms with Crippen LogP contribution in [0.25, 0.3) is 0 Å². The summed E-state index contributed by atoms with van der Waals surface area (Å²) >= 11 is 0. The second kappa shape index (κ2) is 6.18. The summed E-state index contributed by atoms with van der Waals surface area (Å²) in [5.74, 6) is 2.54. The summed E-state index contributed by atoms with van der Waals surface area (Å²) in [7, 11) is 1.58. The minimum Gasteiger partial charge on any atom is -0.480 e. The second-order valence-electron chi connectivity index (χ2n) is 7.09. The Morgan fingerprint density at radius 1 is 1.17 bits per heavy atom. The van der Waals surface area contributed by atoms with Gasteiger partial charge in [-0.15, -0.1) is 0 Å². The van der Waals surface area contributed by atoms with E-state index in [-0.39, 0.29) is 5.54 Å². The van der Waals surface area contributed by atoms with E-state index in [2.05, 4.69) is 46.8 Å². The van der Waals surface area contributed by atoms with Gasteiger partial charge in [0.25, 0.3) is 0 Å². The molecule has 6 nitrogen and oxygen atoms in total. The van der Waals surface area contributed by atoms with Crippen molar-refractivity contribution in [3.05, 3.63) is 24.2 Å². The maximum atomic E-state index is 5.12. The van der Waals surface area contributed by atoms with Crippen molar-refractivity contribution in [3.63, 3.8) is 0 Å². The van der Waals surface area contributed by atoms with Gasteiger partial charge >= 0.3 is 0 Å². The SMILES string of the molecule is COc1cncc(Nc2cc(C3CCCC3)n(C(C)(C)C)n2)n1. The van der Waals surface area contributed by atoms with Gasteiger partial charge in [0.2, 0.25) is 5.88 Å². The normalized spacial score (nSPS) is 15.8. The standard InChI is InChI=1S/C17H25N5O/c1-17(2,3)22-13(12-7-5-6-8-12)9-14(21-22)19-15-10-18-11-16(20-15)23-4/h9-12H,5-8H2,1-4H3,(H,19,20,21). The fourth-order valence-electron chi connectivity index (χ4n) is 3.14. The number of anilines is 2. The van der Waals surface area contributed by atoms with Crippen LogP contribution >= 0.6 is 0 Å². The molecule has 0 amide bonds. The van der Waals surface area contributed by atoms with Gasteiger partial charge in [-0.2, -0.15) is 10.1 Å². The first-order valence-corrected chi connectivity index (χ1v) is 8.21. The van der Waals surface area contributed by atoms with Crippen LogP contribution in [0.1, 0.15) is 58.1 Å². The number of hydrogen-bond donors (Lipinski definition) is 1. The Labute approximate surface area is 137 Å². The zero-order valence-corrected chi connectivity index (χ0v) is 14.3. The predicted octanol–water partition coefficient (Wildman–Crippen LogP) is 3.84. The molecule has 1 fully saturated rings. The number of rotatable bonds is 4. The molecule has 1 aliphatic rings. The van der Waals surface area contributed by atoms with Crippen LogP contribution in [-0.2, 0) is 5.54 Å². The molecule has 6 heteroatoms. The van der Waals surface area contributed by atoms with Gasteiger partial charge in [-0.1, -0.05) is 12.8 Å². The van der Waals surface area contributed by atoms with Crippen LogP contribution in [0.2, 0.25) is 0 Å². The first-order chi connectivity index (χ1) is 11.0. The monoisotopic (exact) mass is 315 g/mol. The highest BCUT2D eigenvalue weighted by molar-refractivity contribution is 5.51. The Morgan fingerprint density at radius 2 is 1.91 bits per heavy atom. The third-order valence-electron chi connectivity index (χ3n) is 4.22. The Morgan fingerprint density at radius 3 is 2.57 bits per heavy atom. The van der Waals surface area contributed by atoms with Crippen molar-refractivity contribution < 1.29 is 4.74 Å². The number of nitrogens with zero attached hydrogens (tertiary/aromatic N) is 4. The lowest BCUT2D eigenvalue weighted by molar-refractivity contribution is 0.336. The topological polar surface area (TPSA) is 64.9 Å². The molecule has 0 radical (unpaired) electrons. The summed E-state index contributed by atoms with van der Waals surface area (Å²) in [4.78, 5) is 8.46. The van der Waals surface area contributed by atoms with E-state index >= 15 is 0 Å². The average molecular weight is 315 g/mol. The lowest BCUT2D eigenvalue weighted by Crippen LogP contribution is -2.26. The van der Waals surface area contributed by atoms with Crippen LogP contribution in [0.3, 0.4) is 0 Å². The molecule has 0 aliphatic heterocycles. The van der Waals surface area contributed by atoms with Gasteiger partial charge in [0.1, 0.15) is 0 Å². The Kier molecular flexibility index (Phi) is 4.24. The van der Waals surface area contributed by atoms with Crippen LogP contribution < -0.4 is 10.1 Å². The third kappa shape index (κ3) is 3.46. The van der Waals surface area contributed by atoms with Gasteiger partial charge in [0, 0.05) is 17.7 Å². The number of aromatic nitrogens is 4. The first-order valence-electron chi connectivity index (χ1n) is 8.21. The molecule has 0 saturated heterocycles. The van der Waals surface area contributed by atoms with Crippen molar-refractivity contribution in [2.75, 3.05) is 12.4 Å². The molecule has 0 aromatic carbocycles. The first kappa shape index (κ1) is 15.8. The molecule has 3 rings (SSSR count).